The molecule has 172 valence electrons. The highest BCUT2D eigenvalue weighted by molar-refractivity contribution is 9.10. The molecule has 2 N–H and O–H groups in total. The van der Waals surface area contributed by atoms with Crippen LogP contribution in [0, 0.1) is 5.82 Å². The average molecular weight is 546 g/mol. The van der Waals surface area contributed by atoms with E-state index in [1.807, 2.05) is 0 Å². The summed E-state index contributed by atoms with van der Waals surface area (Å²) in [6, 6.07) is 15.0. The van der Waals surface area contributed by atoms with Gasteiger partial charge in [-0.2, -0.15) is 5.10 Å². The molecule has 4 aromatic rings. The summed E-state index contributed by atoms with van der Waals surface area (Å²) in [4.78, 5) is 39.9. The first kappa shape index (κ1) is 23.4. The van der Waals surface area contributed by atoms with E-state index in [-0.39, 0.29) is 16.8 Å². The van der Waals surface area contributed by atoms with Crippen molar-refractivity contribution in [3.05, 3.63) is 102 Å². The number of hydrogen-bond donors (Lipinski definition) is 2. The van der Waals surface area contributed by atoms with Crippen LogP contribution in [0.1, 0.15) is 5.56 Å². The van der Waals surface area contributed by atoms with Crippen LogP contribution < -0.4 is 21.3 Å². The largest absolute Gasteiger partial charge is 0.482 e. The average Bonchev–Trinajstić information content (AvgIpc) is 2.78. The van der Waals surface area contributed by atoms with Gasteiger partial charge < -0.3 is 15.0 Å². The van der Waals surface area contributed by atoms with E-state index in [9.17, 15) is 18.8 Å². The lowest BCUT2D eigenvalue weighted by atomic mass is 10.2. The Balaban J connectivity index is 1.60. The Labute approximate surface area is 204 Å². The van der Waals surface area contributed by atoms with Crippen molar-refractivity contribution in [2.24, 2.45) is 5.10 Å². The molecule has 11 heteroatoms. The molecule has 0 saturated heterocycles. The predicted octanol–water partition coefficient (Wildman–Crippen LogP) is 4.14. The zero-order valence-corrected chi connectivity index (χ0v) is 19.6. The van der Waals surface area contributed by atoms with Crippen LogP contribution in [0.5, 0.6) is 5.75 Å². The number of carbonyl (C=O) groups is 1. The Hall–Kier alpha value is -3.76. The Morgan fingerprint density at radius 2 is 1.97 bits per heavy atom. The van der Waals surface area contributed by atoms with Crippen molar-refractivity contribution < 1.29 is 13.9 Å². The van der Waals surface area contributed by atoms with E-state index in [0.29, 0.717) is 25.3 Å². The number of H-pyrrole nitrogens is 1. The summed E-state index contributed by atoms with van der Waals surface area (Å²) in [5.74, 6) is -0.818. The minimum Gasteiger partial charge on any atom is -0.482 e. The van der Waals surface area contributed by atoms with Crippen LogP contribution in [0.2, 0.25) is 5.02 Å². The third-order valence-corrected chi connectivity index (χ3v) is 5.40. The van der Waals surface area contributed by atoms with Crippen LogP contribution in [-0.4, -0.2) is 28.4 Å². The first-order valence-corrected chi connectivity index (χ1v) is 10.9. The van der Waals surface area contributed by atoms with Gasteiger partial charge >= 0.3 is 5.69 Å². The predicted molar refractivity (Wildman–Crippen MR) is 131 cm³/mol. The van der Waals surface area contributed by atoms with Crippen LogP contribution in [0.25, 0.3) is 10.9 Å². The molecular weight excluding hydrogens is 531 g/mol. The fourth-order valence-electron chi connectivity index (χ4n) is 3.11. The van der Waals surface area contributed by atoms with E-state index < -0.39 is 29.6 Å². The minimum absolute atomic E-state index is 0.202. The van der Waals surface area contributed by atoms with Gasteiger partial charge in [0.2, 0.25) is 0 Å². The molecule has 1 aromatic heterocycles. The Bertz CT molecular complexity index is 1550. The van der Waals surface area contributed by atoms with Crippen molar-refractivity contribution in [2.75, 3.05) is 11.9 Å². The smallest absolute Gasteiger partial charge is 0.349 e. The molecule has 1 amide bonds. The van der Waals surface area contributed by atoms with E-state index in [1.165, 1.54) is 36.5 Å². The van der Waals surface area contributed by atoms with E-state index in [2.05, 4.69) is 31.3 Å². The number of nitrogens with one attached hydrogen (secondary N) is 2. The molecule has 8 nitrogen and oxygen atoms in total. The van der Waals surface area contributed by atoms with Gasteiger partial charge in [0.05, 0.1) is 21.6 Å². The Kier molecular flexibility index (Phi) is 6.90. The number of aromatic amines is 1. The number of carbonyl (C=O) groups excluding carboxylic acids is 1. The van der Waals surface area contributed by atoms with Gasteiger partial charge in [0.1, 0.15) is 11.6 Å². The number of nitrogens with zero attached hydrogens (tertiary/aromatic N) is 2. The number of aromatic nitrogens is 2. The number of ether oxygens (including phenoxy) is 1. The van der Waals surface area contributed by atoms with Crippen molar-refractivity contribution in [1.82, 2.24) is 9.66 Å². The normalized spacial score (nSPS) is 11.1. The third-order valence-electron chi connectivity index (χ3n) is 4.59. The molecular formula is C23H15BrClFN4O4. The number of benzene rings is 3. The van der Waals surface area contributed by atoms with Crippen LogP contribution in [0.3, 0.4) is 0 Å². The second kappa shape index (κ2) is 10.0. The second-order valence-corrected chi connectivity index (χ2v) is 8.28. The van der Waals surface area contributed by atoms with Gasteiger partial charge in [0.15, 0.2) is 6.61 Å². The summed E-state index contributed by atoms with van der Waals surface area (Å²) in [5.41, 5.74) is -0.354. The minimum atomic E-state index is -0.724. The number of rotatable bonds is 6. The Morgan fingerprint density at radius 1 is 1.18 bits per heavy atom. The number of para-hydroxylation sites is 1. The molecule has 0 aliphatic carbocycles. The molecule has 0 aliphatic heterocycles. The van der Waals surface area contributed by atoms with Gasteiger partial charge in [0.25, 0.3) is 11.5 Å². The highest BCUT2D eigenvalue weighted by Crippen LogP contribution is 2.32. The van der Waals surface area contributed by atoms with Gasteiger partial charge in [-0.1, -0.05) is 29.8 Å². The molecule has 0 fully saturated rings. The SMILES string of the molecule is O=C(COc1c(Br)cc(Cl)cc1C=Nn1c(=O)[nH]c2ccccc2c1=O)Nc1cccc(F)c1. The van der Waals surface area contributed by atoms with Crippen molar-refractivity contribution in [3.8, 4) is 5.75 Å². The number of anilines is 1. The highest BCUT2D eigenvalue weighted by Gasteiger charge is 2.13. The van der Waals surface area contributed by atoms with Crippen LogP contribution in [-0.2, 0) is 4.79 Å². The molecule has 0 aliphatic rings. The zero-order valence-electron chi connectivity index (χ0n) is 17.2. The maximum atomic E-state index is 13.3. The summed E-state index contributed by atoms with van der Waals surface area (Å²) < 4.78 is 20.0. The first-order valence-electron chi connectivity index (χ1n) is 9.77. The van der Waals surface area contributed by atoms with E-state index in [4.69, 9.17) is 16.3 Å². The summed E-state index contributed by atoms with van der Waals surface area (Å²) >= 11 is 9.45. The van der Waals surface area contributed by atoms with Gasteiger partial charge in [-0.15, -0.1) is 4.68 Å². The van der Waals surface area contributed by atoms with Gasteiger partial charge in [-0.25, -0.2) is 9.18 Å². The monoisotopic (exact) mass is 544 g/mol. The third kappa shape index (κ3) is 5.24. The molecule has 0 spiro atoms. The van der Waals surface area contributed by atoms with Crippen molar-refractivity contribution >= 4 is 56.2 Å². The summed E-state index contributed by atoms with van der Waals surface area (Å²) in [6.45, 7) is -0.409. The van der Waals surface area contributed by atoms with E-state index in [0.717, 1.165) is 0 Å². The first-order chi connectivity index (χ1) is 16.3. The van der Waals surface area contributed by atoms with Gasteiger partial charge in [-0.05, 0) is 58.4 Å². The van der Waals surface area contributed by atoms with E-state index >= 15 is 0 Å². The van der Waals surface area contributed by atoms with Crippen molar-refractivity contribution in [1.29, 1.82) is 0 Å². The summed E-state index contributed by atoms with van der Waals surface area (Å²) in [7, 11) is 0. The topological polar surface area (TPSA) is 106 Å². The van der Waals surface area contributed by atoms with Crippen molar-refractivity contribution in [3.63, 3.8) is 0 Å². The lowest BCUT2D eigenvalue weighted by Gasteiger charge is -2.12. The molecule has 34 heavy (non-hydrogen) atoms. The molecule has 0 saturated carbocycles. The second-order valence-electron chi connectivity index (χ2n) is 6.99. The molecule has 1 heterocycles. The lowest BCUT2D eigenvalue weighted by molar-refractivity contribution is -0.118. The molecule has 0 radical (unpaired) electrons. The molecule has 0 bridgehead atoms. The number of fused-ring (bicyclic) bond motifs is 1. The lowest BCUT2D eigenvalue weighted by Crippen LogP contribution is -2.32. The maximum absolute atomic E-state index is 13.3. The number of hydrogen-bond acceptors (Lipinski definition) is 5. The molecule has 0 atom stereocenters. The standard InChI is InChI=1S/C23H15BrClFN4O4/c24-18-9-14(25)8-13(21(18)34-12-20(31)28-16-5-3-4-15(26)10-16)11-27-30-22(32)17-6-1-2-7-19(17)29-23(30)33/h1-11H,12H2,(H,28,31)(H,29,33). The van der Waals surface area contributed by atoms with Gasteiger partial charge in [0, 0.05) is 16.3 Å². The molecule has 4 rings (SSSR count). The van der Waals surface area contributed by atoms with Crippen molar-refractivity contribution in [2.45, 2.75) is 0 Å². The van der Waals surface area contributed by atoms with Crippen LogP contribution in [0.15, 0.2) is 79.8 Å². The number of halogens is 3. The molecule has 0 unspecified atom stereocenters. The van der Waals surface area contributed by atoms with Gasteiger partial charge in [-0.3, -0.25) is 9.59 Å². The maximum Gasteiger partial charge on any atom is 0.349 e. The van der Waals surface area contributed by atoms with Crippen LogP contribution >= 0.6 is 27.5 Å². The highest BCUT2D eigenvalue weighted by atomic mass is 79.9. The summed E-state index contributed by atoms with van der Waals surface area (Å²) in [6.07, 6.45) is 1.22. The number of amides is 1. The van der Waals surface area contributed by atoms with Crippen LogP contribution in [0.4, 0.5) is 10.1 Å². The fourth-order valence-corrected chi connectivity index (χ4v) is 4.06. The Morgan fingerprint density at radius 3 is 2.76 bits per heavy atom. The fraction of sp³-hybridized carbons (Fsp3) is 0.0435. The zero-order chi connectivity index (χ0) is 24.2. The molecule has 3 aromatic carbocycles. The quantitative estimate of drug-likeness (QED) is 0.355. The van der Waals surface area contributed by atoms with E-state index in [1.54, 1.807) is 30.3 Å². The summed E-state index contributed by atoms with van der Waals surface area (Å²) in [5, 5.41) is 7.14.